The van der Waals surface area contributed by atoms with Crippen LogP contribution in [0, 0.1) is 0 Å². The zero-order valence-corrected chi connectivity index (χ0v) is 10.5. The second kappa shape index (κ2) is 22.5. The number of hydrogen-bond donors (Lipinski definition) is 1. The normalized spacial score (nSPS) is 4.36. The zero-order chi connectivity index (χ0) is 7.15. The minimum atomic E-state index is -2.33. The summed E-state index contributed by atoms with van der Waals surface area (Å²) in [5.74, 6) is 0. The van der Waals surface area contributed by atoms with Crippen LogP contribution in [-0.4, -0.2) is 92.9 Å². The Morgan fingerprint density at radius 1 is 1.00 bits per heavy atom. The topological polar surface area (TPSA) is 124 Å². The van der Waals surface area contributed by atoms with Gasteiger partial charge < -0.3 is 42.4 Å². The van der Waals surface area contributed by atoms with Crippen molar-refractivity contribution in [3.05, 3.63) is 0 Å². The SMILES string of the molecule is O=C([O-])O.O=C([O-])[O-].[Ca+2].[Ca+2].[Cl-]. The molecular weight excluding hydrogens is 236 g/mol. The van der Waals surface area contributed by atoms with Gasteiger partial charge in [-0.05, 0) is 6.16 Å². The predicted molar refractivity (Wildman–Crippen MR) is 24.9 cm³/mol. The molecule has 1 N–H and O–H groups in total. The van der Waals surface area contributed by atoms with E-state index in [4.69, 9.17) is 30.0 Å². The number of carbonyl (C=O) groups excluding carboxylic acids is 1. The maximum Gasteiger partial charge on any atom is 2.00 e. The van der Waals surface area contributed by atoms with Gasteiger partial charge in [-0.2, -0.15) is 0 Å². The van der Waals surface area contributed by atoms with Crippen molar-refractivity contribution in [2.45, 2.75) is 0 Å². The summed E-state index contributed by atoms with van der Waals surface area (Å²) in [5.41, 5.74) is 0. The number of rotatable bonds is 0. The Labute approximate surface area is 128 Å². The van der Waals surface area contributed by atoms with E-state index in [1.165, 1.54) is 0 Å². The molecule has 0 amide bonds. The van der Waals surface area contributed by atoms with Crippen molar-refractivity contribution in [2.75, 3.05) is 0 Å². The Balaban J connectivity index is -0.0000000171. The van der Waals surface area contributed by atoms with E-state index in [1.807, 2.05) is 0 Å². The molecule has 0 bridgehead atoms. The van der Waals surface area contributed by atoms with E-state index in [1.54, 1.807) is 0 Å². The van der Waals surface area contributed by atoms with Gasteiger partial charge in [0.1, 0.15) is 0 Å². The molecule has 6 nitrogen and oxygen atoms in total. The van der Waals surface area contributed by atoms with Crippen LogP contribution >= 0.6 is 0 Å². The summed E-state index contributed by atoms with van der Waals surface area (Å²) in [6.45, 7) is 0. The molecule has 56 valence electrons. The van der Waals surface area contributed by atoms with Crippen LogP contribution in [0.3, 0.4) is 0 Å². The van der Waals surface area contributed by atoms with Gasteiger partial charge in [0.25, 0.3) is 0 Å². The number of hydrogen-bond acceptors (Lipinski definition) is 5. The van der Waals surface area contributed by atoms with E-state index in [-0.39, 0.29) is 87.9 Å². The molecule has 0 aromatic heterocycles. The molecule has 0 spiro atoms. The second-order valence-corrected chi connectivity index (χ2v) is 0.516. The van der Waals surface area contributed by atoms with Crippen LogP contribution in [0.5, 0.6) is 0 Å². The van der Waals surface area contributed by atoms with Crippen molar-refractivity contribution in [3.63, 3.8) is 0 Å². The third kappa shape index (κ3) is 545. The summed E-state index contributed by atoms with van der Waals surface area (Å²) in [7, 11) is 0. The molecule has 0 aliphatic carbocycles. The molecule has 0 saturated carbocycles. The van der Waals surface area contributed by atoms with Gasteiger partial charge >= 0.3 is 75.5 Å². The summed E-state index contributed by atoms with van der Waals surface area (Å²) >= 11 is 0. The van der Waals surface area contributed by atoms with E-state index < -0.39 is 12.3 Å². The van der Waals surface area contributed by atoms with E-state index in [9.17, 15) is 0 Å². The van der Waals surface area contributed by atoms with E-state index in [0.29, 0.717) is 0 Å². The van der Waals surface area contributed by atoms with Crippen LogP contribution in [0.2, 0.25) is 0 Å². The average Bonchev–Trinajstić information content (AvgIpc) is 1.25. The Morgan fingerprint density at radius 3 is 1.00 bits per heavy atom. The minimum absolute atomic E-state index is 0. The molecule has 0 atom stereocenters. The molecule has 0 aromatic carbocycles. The van der Waals surface area contributed by atoms with E-state index >= 15 is 0 Å². The van der Waals surface area contributed by atoms with Crippen molar-refractivity contribution in [3.8, 4) is 0 Å². The van der Waals surface area contributed by atoms with Crippen molar-refractivity contribution < 1.29 is 42.4 Å². The third-order valence-electron chi connectivity index (χ3n) is 0. The van der Waals surface area contributed by atoms with Gasteiger partial charge in [-0.25, -0.2) is 0 Å². The Hall–Kier alpha value is 1.35. The van der Waals surface area contributed by atoms with Gasteiger partial charge in [-0.3, -0.25) is 0 Å². The summed E-state index contributed by atoms with van der Waals surface area (Å²) in [6, 6.07) is 0. The number of carbonyl (C=O) groups is 2. The third-order valence-corrected chi connectivity index (χ3v) is 0. The molecular formula is C2HCa2ClO6. The molecule has 0 aromatic rings. The maximum absolute atomic E-state index is 8.44. The summed E-state index contributed by atoms with van der Waals surface area (Å²) in [4.78, 5) is 16.8. The zero-order valence-electron chi connectivity index (χ0n) is 5.28. The molecule has 0 saturated heterocycles. The van der Waals surface area contributed by atoms with Crippen molar-refractivity contribution in [1.82, 2.24) is 0 Å². The van der Waals surface area contributed by atoms with Crippen LogP contribution in [0.4, 0.5) is 9.59 Å². The molecule has 0 unspecified atom stereocenters. The van der Waals surface area contributed by atoms with Gasteiger partial charge in [-0.15, -0.1) is 0 Å². The number of halogens is 1. The largest absolute Gasteiger partial charge is 2.00 e. The van der Waals surface area contributed by atoms with Gasteiger partial charge in [0.05, 0.1) is 0 Å². The van der Waals surface area contributed by atoms with Crippen LogP contribution in [0.1, 0.15) is 0 Å². The van der Waals surface area contributed by atoms with Gasteiger partial charge in [0.15, 0.2) is 0 Å². The molecule has 0 radical (unpaired) electrons. The fraction of sp³-hybridized carbons (Fsp3) is 0. The van der Waals surface area contributed by atoms with E-state index in [2.05, 4.69) is 0 Å². The quantitative estimate of drug-likeness (QED) is 0.417. The number of carboxylic acid groups (broad SMARTS) is 4. The fourth-order valence-electron chi connectivity index (χ4n) is 0. The van der Waals surface area contributed by atoms with Crippen LogP contribution in [-0.2, 0) is 0 Å². The standard InChI is InChI=1S/2CH2O3.2Ca.ClH/c2*2-1(3)4;;;/h2*(H2,2,3,4);;;1H/q;;2*+2;/p-4. The Kier molecular flexibility index (Phi) is 60.3. The first kappa shape index (κ1) is 29.5. The van der Waals surface area contributed by atoms with Gasteiger partial charge in [0.2, 0.25) is 6.16 Å². The molecule has 9 heteroatoms. The minimum Gasteiger partial charge on any atom is -1.00 e. The molecule has 11 heavy (non-hydrogen) atoms. The van der Waals surface area contributed by atoms with Crippen LogP contribution in [0.15, 0.2) is 0 Å². The van der Waals surface area contributed by atoms with Crippen LogP contribution in [0.25, 0.3) is 0 Å². The molecule has 0 fully saturated rings. The molecule has 0 aliphatic rings. The smallest absolute Gasteiger partial charge is 1.00 e. The maximum atomic E-state index is 8.44. The first-order chi connectivity index (χ1) is 3.46. The van der Waals surface area contributed by atoms with Crippen molar-refractivity contribution in [1.29, 1.82) is 0 Å². The fourth-order valence-corrected chi connectivity index (χ4v) is 0. The average molecular weight is 237 g/mol. The first-order valence-corrected chi connectivity index (χ1v) is 1.24. The molecule has 0 aliphatic heterocycles. The Bertz CT molecular complexity index is 76.6. The summed E-state index contributed by atoms with van der Waals surface area (Å²) < 4.78 is 0. The second-order valence-electron chi connectivity index (χ2n) is 0.516. The van der Waals surface area contributed by atoms with Crippen molar-refractivity contribution >= 4 is 87.8 Å². The molecule has 0 heterocycles. The summed E-state index contributed by atoms with van der Waals surface area (Å²) in [6.07, 6.45) is -4.42. The van der Waals surface area contributed by atoms with E-state index in [0.717, 1.165) is 0 Å². The van der Waals surface area contributed by atoms with Crippen LogP contribution < -0.4 is 27.7 Å². The summed E-state index contributed by atoms with van der Waals surface area (Å²) in [5, 5.41) is 32.0. The predicted octanol–water partition coefficient (Wildman–Crippen LogP) is -7.32. The van der Waals surface area contributed by atoms with Crippen molar-refractivity contribution in [2.24, 2.45) is 0 Å². The molecule has 0 rings (SSSR count). The van der Waals surface area contributed by atoms with Gasteiger partial charge in [-0.1, -0.05) is 0 Å². The van der Waals surface area contributed by atoms with Gasteiger partial charge in [0, 0.05) is 0 Å². The first-order valence-electron chi connectivity index (χ1n) is 1.24. The Morgan fingerprint density at radius 2 is 1.00 bits per heavy atom. The monoisotopic (exact) mass is 236 g/mol.